The zero-order valence-electron chi connectivity index (χ0n) is 23.0. The first-order valence-corrected chi connectivity index (χ1v) is 14.0. The number of nitriles is 1. The molecule has 0 saturated carbocycles. The number of esters is 1. The van der Waals surface area contributed by atoms with Crippen molar-refractivity contribution in [3.63, 3.8) is 0 Å². The quantitative estimate of drug-likeness (QED) is 0.295. The third kappa shape index (κ3) is 4.78. The molecule has 0 saturated heterocycles. The first kappa shape index (κ1) is 27.7. The number of para-hydroxylation sites is 2. The van der Waals surface area contributed by atoms with Crippen molar-refractivity contribution in [3.05, 3.63) is 119 Å². The number of ether oxygens (including phenoxy) is 1. The van der Waals surface area contributed by atoms with E-state index in [1.807, 2.05) is 60.7 Å². The Labute approximate surface area is 252 Å². The number of allylic oxidation sites excluding steroid dienone is 3. The Balaban J connectivity index is 1.60. The van der Waals surface area contributed by atoms with Gasteiger partial charge in [-0.05, 0) is 31.2 Å². The maximum atomic E-state index is 13.9. The largest absolute Gasteiger partial charge is 0.461 e. The molecule has 2 unspecified atom stereocenters. The highest BCUT2D eigenvalue weighted by atomic mass is 35.5. The molecule has 6 rings (SSSR count). The summed E-state index contributed by atoms with van der Waals surface area (Å²) in [6.45, 7) is 1.79. The number of amides is 1. The number of hydrogen-bond donors (Lipinski definition) is 1. The lowest BCUT2D eigenvalue weighted by molar-refractivity contribution is -0.135. The van der Waals surface area contributed by atoms with Crippen LogP contribution in [0.1, 0.15) is 12.5 Å². The second kappa shape index (κ2) is 11.4. The minimum Gasteiger partial charge on any atom is -0.461 e. The Morgan fingerprint density at radius 3 is 2.21 bits per heavy atom. The predicted octanol–water partition coefficient (Wildman–Crippen LogP) is 5.52. The maximum Gasteiger partial charge on any atom is 0.355 e. The van der Waals surface area contributed by atoms with E-state index < -0.39 is 23.7 Å². The fraction of sp³-hybridized carbons (Fsp3) is 0.121. The van der Waals surface area contributed by atoms with Crippen LogP contribution >= 0.6 is 11.6 Å². The highest BCUT2D eigenvalue weighted by Gasteiger charge is 2.47. The second-order valence-corrected chi connectivity index (χ2v) is 10.2. The minimum absolute atomic E-state index is 0.00942. The lowest BCUT2D eigenvalue weighted by Crippen LogP contribution is -2.50. The molecule has 212 valence electrons. The number of halogens is 1. The van der Waals surface area contributed by atoms with Gasteiger partial charge in [0.1, 0.15) is 16.9 Å². The van der Waals surface area contributed by atoms with Gasteiger partial charge in [-0.15, -0.1) is 0 Å². The minimum atomic E-state index is -1.07. The van der Waals surface area contributed by atoms with Crippen LogP contribution in [0.2, 0.25) is 5.15 Å². The van der Waals surface area contributed by atoms with Gasteiger partial charge >= 0.3 is 5.97 Å². The van der Waals surface area contributed by atoms with Gasteiger partial charge in [0.15, 0.2) is 5.71 Å². The van der Waals surface area contributed by atoms with Crippen molar-refractivity contribution in [2.45, 2.75) is 6.92 Å². The first-order valence-electron chi connectivity index (χ1n) is 13.6. The number of fused-ring (bicyclic) bond motifs is 1. The lowest BCUT2D eigenvalue weighted by atomic mass is 9.74. The van der Waals surface area contributed by atoms with Crippen molar-refractivity contribution in [3.8, 4) is 23.0 Å². The van der Waals surface area contributed by atoms with E-state index in [2.05, 4.69) is 11.2 Å². The smallest absolute Gasteiger partial charge is 0.355 e. The van der Waals surface area contributed by atoms with Gasteiger partial charge in [0, 0.05) is 28.3 Å². The van der Waals surface area contributed by atoms with Gasteiger partial charge < -0.3 is 10.5 Å². The van der Waals surface area contributed by atoms with E-state index in [0.717, 1.165) is 10.6 Å². The Morgan fingerprint density at radius 2 is 1.60 bits per heavy atom. The van der Waals surface area contributed by atoms with Gasteiger partial charge in [-0.1, -0.05) is 84.4 Å². The molecule has 2 heterocycles. The van der Waals surface area contributed by atoms with Crippen LogP contribution in [0.5, 0.6) is 0 Å². The predicted molar refractivity (Wildman–Crippen MR) is 164 cm³/mol. The van der Waals surface area contributed by atoms with Crippen LogP contribution < -0.4 is 10.7 Å². The molecule has 2 aliphatic rings. The highest BCUT2D eigenvalue weighted by molar-refractivity contribution is 6.40. The van der Waals surface area contributed by atoms with Crippen LogP contribution in [0.25, 0.3) is 22.5 Å². The molecule has 1 amide bonds. The van der Waals surface area contributed by atoms with Gasteiger partial charge in [0.25, 0.3) is 5.91 Å². The molecule has 1 aliphatic carbocycles. The van der Waals surface area contributed by atoms with Gasteiger partial charge in [0.05, 0.1) is 29.5 Å². The summed E-state index contributed by atoms with van der Waals surface area (Å²) in [4.78, 5) is 27.2. The van der Waals surface area contributed by atoms with E-state index in [9.17, 15) is 14.9 Å². The molecule has 3 aromatic carbocycles. The zero-order chi connectivity index (χ0) is 30.1. The Kier molecular flexibility index (Phi) is 7.36. The molecule has 4 aromatic rings. The summed E-state index contributed by atoms with van der Waals surface area (Å²) in [5.74, 6) is -3.15. The molecular weight excluding hydrogens is 564 g/mol. The topological polar surface area (TPSA) is 127 Å². The van der Waals surface area contributed by atoms with E-state index in [-0.39, 0.29) is 28.7 Å². The highest BCUT2D eigenvalue weighted by Crippen LogP contribution is 2.45. The number of nitrogens with zero attached hydrogens (tertiary/aromatic N) is 5. The number of carbonyl (C=O) groups excluding carboxylic acids is 2. The van der Waals surface area contributed by atoms with Crippen LogP contribution in [0, 0.1) is 23.2 Å². The number of anilines is 1. The number of carbonyl (C=O) groups is 2. The fourth-order valence-electron chi connectivity index (χ4n) is 5.39. The SMILES string of the molecule is CCOC(=O)C1=NN(c2ccccc2)C(=O)C2C(N)=C(C#N)C(c3c(-c4ccccc4)nn(-c4ccccc4)c3Cl)=CC12. The van der Waals surface area contributed by atoms with Crippen molar-refractivity contribution in [1.29, 1.82) is 5.26 Å². The number of nitrogens with two attached hydrogens (primary N) is 1. The molecule has 0 fully saturated rings. The summed E-state index contributed by atoms with van der Waals surface area (Å²) >= 11 is 7.06. The molecule has 2 atom stereocenters. The Hall–Kier alpha value is -5.46. The van der Waals surface area contributed by atoms with E-state index >= 15 is 0 Å². The van der Waals surface area contributed by atoms with Crippen LogP contribution in [-0.2, 0) is 14.3 Å². The van der Waals surface area contributed by atoms with Crippen LogP contribution in [0.3, 0.4) is 0 Å². The third-order valence-corrected chi connectivity index (χ3v) is 7.69. The second-order valence-electron chi connectivity index (χ2n) is 9.85. The van der Waals surface area contributed by atoms with E-state index in [4.69, 9.17) is 27.2 Å². The van der Waals surface area contributed by atoms with Gasteiger partial charge in [-0.25, -0.2) is 9.48 Å². The summed E-state index contributed by atoms with van der Waals surface area (Å²) in [5, 5.41) is 21.1. The van der Waals surface area contributed by atoms with Crippen LogP contribution in [0.15, 0.2) is 113 Å². The Bertz CT molecular complexity index is 1860. The standard InChI is InChI=1S/C33H25ClN6O3/c1-2-43-33(42)30-24-18-23(25(19-35)28(36)26(24)32(41)40(38-30)22-16-10-5-11-17-22)27-29(20-12-6-3-7-13-20)37-39(31(27)34)21-14-8-4-9-15-21/h3-18,24,26H,2,36H2,1H3. The lowest BCUT2D eigenvalue weighted by Gasteiger charge is -2.36. The zero-order valence-corrected chi connectivity index (χ0v) is 23.8. The van der Waals surface area contributed by atoms with Crippen LogP contribution in [0.4, 0.5) is 5.69 Å². The maximum absolute atomic E-state index is 13.9. The number of aromatic nitrogens is 2. The van der Waals surface area contributed by atoms with Gasteiger partial charge in [-0.3, -0.25) is 4.79 Å². The van der Waals surface area contributed by atoms with Gasteiger partial charge in [0.2, 0.25) is 0 Å². The molecule has 0 bridgehead atoms. The molecule has 1 aromatic heterocycles. The van der Waals surface area contributed by atoms with Crippen LogP contribution in [-0.4, -0.2) is 34.0 Å². The summed E-state index contributed by atoms with van der Waals surface area (Å²) in [6, 6.07) is 29.7. The normalized spacial score (nSPS) is 18.0. The number of rotatable bonds is 6. The van der Waals surface area contributed by atoms with Crippen molar-refractivity contribution in [1.82, 2.24) is 9.78 Å². The number of benzene rings is 3. The fourth-order valence-corrected chi connectivity index (χ4v) is 5.71. The molecule has 2 N–H and O–H groups in total. The molecule has 9 nitrogen and oxygen atoms in total. The summed E-state index contributed by atoms with van der Waals surface area (Å²) in [5.41, 5.74) is 9.96. The first-order chi connectivity index (χ1) is 20.9. The molecule has 43 heavy (non-hydrogen) atoms. The molecular formula is C33H25ClN6O3. The number of hydrogen-bond acceptors (Lipinski definition) is 7. The summed E-state index contributed by atoms with van der Waals surface area (Å²) in [7, 11) is 0. The van der Waals surface area contributed by atoms with Gasteiger partial charge in [-0.2, -0.15) is 20.5 Å². The molecule has 10 heteroatoms. The summed E-state index contributed by atoms with van der Waals surface area (Å²) < 4.78 is 6.94. The van der Waals surface area contributed by atoms with E-state index in [1.165, 1.54) is 0 Å². The van der Waals surface area contributed by atoms with E-state index in [0.29, 0.717) is 28.2 Å². The molecule has 1 aliphatic heterocycles. The number of hydrazone groups is 1. The average molecular weight is 589 g/mol. The molecule has 0 spiro atoms. The third-order valence-electron chi connectivity index (χ3n) is 7.34. The Morgan fingerprint density at radius 1 is 1.00 bits per heavy atom. The molecule has 0 radical (unpaired) electrons. The van der Waals surface area contributed by atoms with Crippen molar-refractivity contribution in [2.24, 2.45) is 22.7 Å². The van der Waals surface area contributed by atoms with Crippen molar-refractivity contribution < 1.29 is 14.3 Å². The van der Waals surface area contributed by atoms with E-state index in [1.54, 1.807) is 48.0 Å². The van der Waals surface area contributed by atoms with Crippen molar-refractivity contribution in [2.75, 3.05) is 11.6 Å². The summed E-state index contributed by atoms with van der Waals surface area (Å²) in [6.07, 6.45) is 1.67. The van der Waals surface area contributed by atoms with Crippen molar-refractivity contribution >= 4 is 40.4 Å². The monoisotopic (exact) mass is 588 g/mol. The average Bonchev–Trinajstić information content (AvgIpc) is 3.39.